The summed E-state index contributed by atoms with van der Waals surface area (Å²) in [6.07, 6.45) is 37.4. The van der Waals surface area contributed by atoms with Crippen LogP contribution in [0.15, 0.2) is 220 Å². The molecule has 0 N–H and O–H groups in total. The maximum atomic E-state index is 13.6. The van der Waals surface area contributed by atoms with Crippen LogP contribution >= 0.6 is 0 Å². The number of unbranched alkanes of at least 4 members (excludes halogenated alkanes) is 24. The molecule has 9 aromatic rings. The number of aromatic nitrogens is 3. The molecule has 18 heteroatoms. The fourth-order valence-electron chi connectivity index (χ4n) is 14.4. The lowest BCUT2D eigenvalue weighted by Crippen LogP contribution is -2.44. The molecule has 126 heavy (non-hydrogen) atoms. The SMILES string of the molecule is C=C(C(=O)Oc1ccc(-c2ccc(CCCCC)nc2)cc1)c1ccc(OCCCCCCCCCC(=O)OC(CC)(OC(=O)CCCCCCCCCOc2ccc(C(=C)C(=O)Oc3ccc(-c4ccc(CCCCC)nc4)cc3)cc2)OC(=O)CCCCCCCCCOc2ccc(C(=C)C(=O)Oc3ccc(-c4ccc(CCCCC)nc4)cc3)cc2)cc1. The first-order valence-corrected chi connectivity index (χ1v) is 46.2. The van der Waals surface area contributed by atoms with Crippen molar-refractivity contribution in [3.8, 4) is 67.9 Å². The molecule has 0 saturated heterocycles. The predicted octanol–water partition coefficient (Wildman–Crippen LogP) is 26.5. The molecule has 0 saturated carbocycles. The summed E-state index contributed by atoms with van der Waals surface area (Å²) in [5.74, 6) is -2.22. The topological polar surface area (TPSA) is 224 Å². The Hall–Kier alpha value is -11.8. The van der Waals surface area contributed by atoms with E-state index in [1.54, 1.807) is 79.7 Å². The molecule has 0 unspecified atom stereocenters. The number of benzene rings is 6. The van der Waals surface area contributed by atoms with E-state index >= 15 is 0 Å². The number of carbonyl (C=O) groups excluding carboxylic acids is 6. The summed E-state index contributed by atoms with van der Waals surface area (Å²) >= 11 is 0. The quantitative estimate of drug-likeness (QED) is 0.0114. The number of hydrogen-bond donors (Lipinski definition) is 0. The van der Waals surface area contributed by atoms with E-state index < -0.39 is 41.8 Å². The lowest BCUT2D eigenvalue weighted by atomic mass is 10.1. The maximum Gasteiger partial charge on any atom is 0.423 e. The number of aryl methyl sites for hydroxylation is 3. The first-order chi connectivity index (χ1) is 61.5. The Morgan fingerprint density at radius 3 is 0.722 bits per heavy atom. The number of hydrogen-bond acceptors (Lipinski definition) is 18. The molecule has 3 aromatic heterocycles. The van der Waals surface area contributed by atoms with Gasteiger partial charge in [-0.05, 0) is 201 Å². The zero-order valence-electron chi connectivity index (χ0n) is 74.9. The fourth-order valence-corrected chi connectivity index (χ4v) is 14.4. The van der Waals surface area contributed by atoms with Gasteiger partial charge in [0.15, 0.2) is 0 Å². The second kappa shape index (κ2) is 55.5. The molecule has 9 rings (SSSR count). The molecule has 0 radical (unpaired) electrons. The van der Waals surface area contributed by atoms with Crippen molar-refractivity contribution in [2.24, 2.45) is 0 Å². The molecule has 0 bridgehead atoms. The summed E-state index contributed by atoms with van der Waals surface area (Å²) in [4.78, 5) is 93.8. The van der Waals surface area contributed by atoms with Gasteiger partial charge in [-0.15, -0.1) is 0 Å². The third-order valence-electron chi connectivity index (χ3n) is 22.2. The number of esters is 6. The molecule has 18 nitrogen and oxygen atoms in total. The third-order valence-corrected chi connectivity index (χ3v) is 22.2. The summed E-state index contributed by atoms with van der Waals surface area (Å²) in [5, 5.41) is 0. The van der Waals surface area contributed by atoms with Crippen LogP contribution in [0.2, 0.25) is 0 Å². The molecule has 0 fully saturated rings. The van der Waals surface area contributed by atoms with Crippen molar-refractivity contribution in [1.29, 1.82) is 0 Å². The fraction of sp³-hybridized carbons (Fsp3) is 0.417. The van der Waals surface area contributed by atoms with Crippen LogP contribution in [0.1, 0.15) is 280 Å². The Labute approximate surface area is 747 Å². The monoisotopic (exact) mass is 1710 g/mol. The van der Waals surface area contributed by atoms with Gasteiger partial charge in [0.25, 0.3) is 0 Å². The van der Waals surface area contributed by atoms with E-state index in [0.717, 1.165) is 205 Å². The summed E-state index contributed by atoms with van der Waals surface area (Å²) in [6.45, 7) is 21.9. The van der Waals surface area contributed by atoms with Gasteiger partial charge in [0.1, 0.15) is 34.5 Å². The van der Waals surface area contributed by atoms with E-state index in [-0.39, 0.29) is 42.4 Å². The Balaban J connectivity index is 0.635. The van der Waals surface area contributed by atoms with Crippen LogP contribution in [0, 0.1) is 0 Å². The van der Waals surface area contributed by atoms with Crippen molar-refractivity contribution in [1.82, 2.24) is 15.0 Å². The molecule has 668 valence electrons. The van der Waals surface area contributed by atoms with Gasteiger partial charge in [0.05, 0.1) is 43.0 Å². The summed E-state index contributed by atoms with van der Waals surface area (Å²) in [7, 11) is 0. The maximum absolute atomic E-state index is 13.6. The van der Waals surface area contributed by atoms with Crippen LogP contribution in [0.3, 0.4) is 0 Å². The molecule has 6 aromatic carbocycles. The second-order valence-corrected chi connectivity index (χ2v) is 32.4. The zero-order chi connectivity index (χ0) is 89.2. The van der Waals surface area contributed by atoms with E-state index in [0.29, 0.717) is 90.3 Å². The van der Waals surface area contributed by atoms with Crippen molar-refractivity contribution in [3.05, 3.63) is 254 Å². The number of ether oxygens (including phenoxy) is 9. The van der Waals surface area contributed by atoms with E-state index in [2.05, 4.69) is 91.9 Å². The van der Waals surface area contributed by atoms with Gasteiger partial charge in [-0.3, -0.25) is 29.3 Å². The largest absolute Gasteiger partial charge is 0.494 e. The first-order valence-electron chi connectivity index (χ1n) is 46.2. The normalized spacial score (nSPS) is 11.1. The summed E-state index contributed by atoms with van der Waals surface area (Å²) < 4.78 is 52.6. The minimum absolute atomic E-state index is 0.0689. The highest BCUT2D eigenvalue weighted by molar-refractivity contribution is 6.17. The van der Waals surface area contributed by atoms with Crippen LogP contribution < -0.4 is 28.4 Å². The molecule has 3 heterocycles. The van der Waals surface area contributed by atoms with Crippen molar-refractivity contribution in [2.75, 3.05) is 19.8 Å². The number of nitrogens with zero attached hydrogens (tertiary/aromatic N) is 3. The third kappa shape index (κ3) is 35.3. The summed E-state index contributed by atoms with van der Waals surface area (Å²) in [6, 6.07) is 56.4. The zero-order valence-corrected chi connectivity index (χ0v) is 74.9. The van der Waals surface area contributed by atoms with Crippen LogP contribution in [-0.2, 0) is 62.2 Å². The van der Waals surface area contributed by atoms with Crippen LogP contribution in [0.5, 0.6) is 34.5 Å². The molecule has 0 amide bonds. The minimum Gasteiger partial charge on any atom is -0.494 e. The van der Waals surface area contributed by atoms with Crippen molar-refractivity contribution >= 4 is 52.5 Å². The molecular weight excluding hydrogens is 1580 g/mol. The molecule has 0 spiro atoms. The Kier molecular flexibility index (Phi) is 43.2. The lowest BCUT2D eigenvalue weighted by Gasteiger charge is -2.30. The number of carbonyl (C=O) groups is 6. The molecule has 0 aliphatic rings. The van der Waals surface area contributed by atoms with E-state index in [1.807, 2.05) is 91.4 Å². The highest BCUT2D eigenvalue weighted by Gasteiger charge is 2.42. The first kappa shape index (κ1) is 98.0. The highest BCUT2D eigenvalue weighted by Crippen LogP contribution is 2.32. The second-order valence-electron chi connectivity index (χ2n) is 32.4. The van der Waals surface area contributed by atoms with Gasteiger partial charge in [-0.1, -0.05) is 273 Å². The van der Waals surface area contributed by atoms with Crippen LogP contribution in [0.4, 0.5) is 0 Å². The molecule has 0 aliphatic carbocycles. The average molecular weight is 1710 g/mol. The van der Waals surface area contributed by atoms with E-state index in [1.165, 1.54) is 38.5 Å². The van der Waals surface area contributed by atoms with Crippen LogP contribution in [0.25, 0.3) is 50.1 Å². The highest BCUT2D eigenvalue weighted by atomic mass is 16.9. The van der Waals surface area contributed by atoms with Gasteiger partial charge in [0.2, 0.25) is 0 Å². The van der Waals surface area contributed by atoms with Gasteiger partial charge < -0.3 is 42.6 Å². The van der Waals surface area contributed by atoms with E-state index in [4.69, 9.17) is 42.6 Å². The standard InChI is InChI=1S/C108H131N3O15/c1-8-12-30-39-93-60-45-90(78-109-93)87-54-69-99(70-55-87)121-105(115)81(5)84-48-63-96(64-49-84)118-75-36-27-21-15-18-24-33-42-102(112)124-108(11-4,125-103(113)43-34-25-19-16-22-28-37-76-119-97-65-50-85(51-66-97)82(6)106(116)122-100-71-56-88(57-72-100)91-46-61-94(110-79-91)40-31-13-9-2)126-104(114)44-35-26-20-17-23-29-38-77-120-98-67-52-86(53-68-98)83(7)107(117)123-101-73-58-89(59-74-101)92-47-62-95(111-80-92)41-32-14-10-3/h45-74,78-80H,5-44,75-77H2,1-4H3. The number of rotatable bonds is 61. The average Bonchev–Trinajstić information content (AvgIpc) is 0.840. The van der Waals surface area contributed by atoms with Gasteiger partial charge in [0, 0.05) is 71.6 Å². The van der Waals surface area contributed by atoms with Gasteiger partial charge in [-0.25, -0.2) is 14.4 Å². The molecule has 0 aliphatic heterocycles. The lowest BCUT2D eigenvalue weighted by molar-refractivity contribution is -0.331. The Morgan fingerprint density at radius 2 is 0.492 bits per heavy atom. The Morgan fingerprint density at radius 1 is 0.262 bits per heavy atom. The predicted molar refractivity (Wildman–Crippen MR) is 501 cm³/mol. The summed E-state index contributed by atoms with van der Waals surface area (Å²) in [5.41, 5.74) is 11.9. The van der Waals surface area contributed by atoms with Crippen molar-refractivity contribution < 1.29 is 71.4 Å². The molecule has 0 atom stereocenters. The van der Waals surface area contributed by atoms with Crippen LogP contribution in [-0.4, -0.2) is 76.6 Å². The van der Waals surface area contributed by atoms with Crippen molar-refractivity contribution in [2.45, 2.75) is 271 Å². The molecular formula is C108H131N3O15. The van der Waals surface area contributed by atoms with Gasteiger partial charge >= 0.3 is 41.8 Å². The Bertz CT molecular complexity index is 4300. The van der Waals surface area contributed by atoms with E-state index in [9.17, 15) is 28.8 Å². The minimum atomic E-state index is -2.17. The van der Waals surface area contributed by atoms with Crippen molar-refractivity contribution in [3.63, 3.8) is 0 Å². The smallest absolute Gasteiger partial charge is 0.423 e. The number of pyridine rings is 3. The van der Waals surface area contributed by atoms with Gasteiger partial charge in [-0.2, -0.15) is 0 Å².